The molecule has 13 aromatic rings. The van der Waals surface area contributed by atoms with Gasteiger partial charge in [0.1, 0.15) is 11.2 Å². The number of para-hydroxylation sites is 3. The molecule has 0 amide bonds. The highest BCUT2D eigenvalue weighted by Gasteiger charge is 2.21. The monoisotopic (exact) mass is 827 g/mol. The molecular weight excluding hydrogens is 789 g/mol. The van der Waals surface area contributed by atoms with Gasteiger partial charge in [-0.15, -0.1) is 11.3 Å². The van der Waals surface area contributed by atoms with E-state index in [1.54, 1.807) is 11.3 Å². The summed E-state index contributed by atoms with van der Waals surface area (Å²) in [4.78, 5) is 15.2. The summed E-state index contributed by atoms with van der Waals surface area (Å²) in [6, 6.07) is 58.1. The molecule has 9 aromatic carbocycles. The average molecular weight is 828 g/mol. The van der Waals surface area contributed by atoms with Gasteiger partial charge in [-0.25, -0.2) is 15.0 Å². The van der Waals surface area contributed by atoms with Crippen LogP contribution in [0.5, 0.6) is 0 Å². The van der Waals surface area contributed by atoms with Crippen molar-refractivity contribution < 1.29 is 11.3 Å². The summed E-state index contributed by atoms with van der Waals surface area (Å²) in [6.45, 7) is 0. The molecule has 13 rings (SSSR count). The van der Waals surface area contributed by atoms with Gasteiger partial charge in [-0.3, -0.25) is 0 Å². The van der Waals surface area contributed by atoms with Crippen LogP contribution in [-0.2, 0) is 0 Å². The largest absolute Gasteiger partial charge is 0.456 e. The first kappa shape index (κ1) is 30.8. The minimum Gasteiger partial charge on any atom is -0.456 e. The summed E-state index contributed by atoms with van der Waals surface area (Å²) in [5, 5.41) is 6.21. The number of aromatic nitrogens is 4. The van der Waals surface area contributed by atoms with Crippen LogP contribution in [0.25, 0.3) is 126 Å². The molecule has 0 saturated heterocycles. The highest BCUT2D eigenvalue weighted by Crippen LogP contribution is 2.44. The first-order valence-corrected chi connectivity index (χ1v) is 21.5. The summed E-state index contributed by atoms with van der Waals surface area (Å²) < 4.78 is 54.3. The molecule has 0 fully saturated rings. The van der Waals surface area contributed by atoms with Crippen molar-refractivity contribution in [1.82, 2.24) is 19.5 Å². The molecule has 0 N–H and O–H groups in total. The van der Waals surface area contributed by atoms with Crippen LogP contribution >= 0.6 is 11.3 Å². The second-order valence-corrected chi connectivity index (χ2v) is 16.7. The van der Waals surface area contributed by atoms with Gasteiger partial charge in [-0.05, 0) is 76.9 Å². The lowest BCUT2D eigenvalue weighted by molar-refractivity contribution is 0.669. The maximum atomic E-state index is 9.04. The van der Waals surface area contributed by atoms with Crippen LogP contribution in [0.3, 0.4) is 0 Å². The van der Waals surface area contributed by atoms with Gasteiger partial charge in [0.05, 0.1) is 17.9 Å². The maximum absolute atomic E-state index is 9.04. The van der Waals surface area contributed by atoms with Crippen molar-refractivity contribution in [2.75, 3.05) is 0 Å². The molecule has 5 nitrogen and oxygen atoms in total. The Morgan fingerprint density at radius 1 is 0.413 bits per heavy atom. The van der Waals surface area contributed by atoms with Crippen LogP contribution in [-0.4, -0.2) is 19.5 Å². The summed E-state index contributed by atoms with van der Waals surface area (Å²) in [6.07, 6.45) is 0. The van der Waals surface area contributed by atoms with E-state index in [4.69, 9.17) is 26.2 Å². The fraction of sp³-hybridized carbons (Fsp3) is 0. The van der Waals surface area contributed by atoms with Gasteiger partial charge < -0.3 is 8.98 Å². The van der Waals surface area contributed by atoms with Crippen molar-refractivity contribution in [2.45, 2.75) is 0 Å². The molecule has 6 heteroatoms. The van der Waals surface area contributed by atoms with Gasteiger partial charge in [-0.1, -0.05) is 152 Å². The molecule has 4 heterocycles. The Bertz CT molecular complexity index is 4150. The minimum atomic E-state index is -0.495. The van der Waals surface area contributed by atoms with Crippen molar-refractivity contribution in [3.05, 3.63) is 206 Å². The van der Waals surface area contributed by atoms with Gasteiger partial charge in [0.2, 0.25) is 0 Å². The van der Waals surface area contributed by atoms with E-state index in [9.17, 15) is 0 Å². The zero-order chi connectivity index (χ0) is 45.8. The van der Waals surface area contributed by atoms with Crippen molar-refractivity contribution in [1.29, 1.82) is 0 Å². The molecule has 0 radical (unpaired) electrons. The molecule has 0 saturated carbocycles. The zero-order valence-corrected chi connectivity index (χ0v) is 34.2. The number of rotatable bonds is 6. The number of fused-ring (bicyclic) bond motifs is 9. The highest BCUT2D eigenvalue weighted by molar-refractivity contribution is 7.26. The molecule has 63 heavy (non-hydrogen) atoms. The third-order valence-electron chi connectivity index (χ3n) is 11.9. The molecule has 0 spiro atoms. The Morgan fingerprint density at radius 2 is 1.02 bits per heavy atom. The average Bonchev–Trinajstić information content (AvgIpc) is 4.06. The molecule has 0 aliphatic rings. The van der Waals surface area contributed by atoms with Gasteiger partial charge in [0, 0.05) is 64.1 Å². The van der Waals surface area contributed by atoms with E-state index in [1.165, 1.54) is 0 Å². The third-order valence-corrected chi connectivity index (χ3v) is 13.1. The number of hydrogen-bond donors (Lipinski definition) is 0. The second kappa shape index (κ2) is 14.2. The molecule has 0 bridgehead atoms. The molecule has 0 aliphatic heterocycles. The van der Waals surface area contributed by atoms with Gasteiger partial charge >= 0.3 is 0 Å². The first-order valence-electron chi connectivity index (χ1n) is 23.2. The maximum Gasteiger partial charge on any atom is 0.165 e. The van der Waals surface area contributed by atoms with E-state index in [2.05, 4.69) is 132 Å². The summed E-state index contributed by atoms with van der Waals surface area (Å²) in [5.74, 6) is 0.511. The fourth-order valence-corrected chi connectivity index (χ4v) is 10.2. The van der Waals surface area contributed by atoms with E-state index in [-0.39, 0.29) is 23.0 Å². The first-order chi connectivity index (χ1) is 33.3. The van der Waals surface area contributed by atoms with Gasteiger partial charge in [0.15, 0.2) is 17.5 Å². The lowest BCUT2D eigenvalue weighted by Gasteiger charge is -2.13. The van der Waals surface area contributed by atoms with E-state index in [0.717, 1.165) is 86.3 Å². The minimum absolute atomic E-state index is 0.0381. The van der Waals surface area contributed by atoms with E-state index in [0.29, 0.717) is 16.7 Å². The van der Waals surface area contributed by atoms with Crippen molar-refractivity contribution in [3.8, 4) is 62.1 Å². The standard InChI is InChI=1S/C57H34N4OS/c1-3-14-35(15-4-1)37-18-13-19-38(30-37)39-26-29-46-47-33-41(61-49-23-10-7-20-42(49)43-21-8-11-24-50(43)61)34-48(54(47)63-53(46)32-39)57-59-55(36-16-5-2-6-17-36)58-56(60-57)40-27-28-45-44-22-9-12-25-51(44)62-52(45)31-40/h1-34H/i2D,5D,6D,16D,17D. The predicted octanol–water partition coefficient (Wildman–Crippen LogP) is 15.6. The normalized spacial score (nSPS) is 12.9. The summed E-state index contributed by atoms with van der Waals surface area (Å²) in [5.41, 5.74) is 10.0. The topological polar surface area (TPSA) is 56.7 Å². The number of nitrogens with zero attached hydrogens (tertiary/aromatic N) is 4. The molecule has 4 aromatic heterocycles. The number of thiophene rings is 1. The van der Waals surface area contributed by atoms with Gasteiger partial charge in [0.25, 0.3) is 0 Å². The smallest absolute Gasteiger partial charge is 0.165 e. The highest BCUT2D eigenvalue weighted by atomic mass is 32.1. The molecule has 0 unspecified atom stereocenters. The summed E-state index contributed by atoms with van der Waals surface area (Å²) in [7, 11) is 0. The third kappa shape index (κ3) is 5.87. The quantitative estimate of drug-likeness (QED) is 0.168. The fourth-order valence-electron chi connectivity index (χ4n) is 9.01. The molecular formula is C57H34N4OS. The van der Waals surface area contributed by atoms with Crippen LogP contribution in [0.2, 0.25) is 0 Å². The van der Waals surface area contributed by atoms with Crippen molar-refractivity contribution in [3.63, 3.8) is 0 Å². The van der Waals surface area contributed by atoms with Crippen LogP contribution in [0.15, 0.2) is 211 Å². The van der Waals surface area contributed by atoms with Crippen molar-refractivity contribution in [2.24, 2.45) is 0 Å². The van der Waals surface area contributed by atoms with E-state index >= 15 is 0 Å². The van der Waals surface area contributed by atoms with Gasteiger partial charge in [-0.2, -0.15) is 0 Å². The predicted molar refractivity (Wildman–Crippen MR) is 262 cm³/mol. The second-order valence-electron chi connectivity index (χ2n) is 15.6. The van der Waals surface area contributed by atoms with Crippen LogP contribution in [0.4, 0.5) is 0 Å². The lowest BCUT2D eigenvalue weighted by atomic mass is 9.98. The molecule has 294 valence electrons. The van der Waals surface area contributed by atoms with Crippen LogP contribution in [0.1, 0.15) is 6.85 Å². The Morgan fingerprint density at radius 3 is 1.81 bits per heavy atom. The molecule has 0 atom stereocenters. The zero-order valence-electron chi connectivity index (χ0n) is 38.3. The Labute approximate surface area is 372 Å². The van der Waals surface area contributed by atoms with Crippen molar-refractivity contribution >= 4 is 75.3 Å². The Hall–Kier alpha value is -8.19. The molecule has 0 aliphatic carbocycles. The number of furan rings is 1. The van der Waals surface area contributed by atoms with E-state index in [1.807, 2.05) is 48.5 Å². The number of hydrogen-bond acceptors (Lipinski definition) is 5. The summed E-state index contributed by atoms with van der Waals surface area (Å²) >= 11 is 1.64. The Balaban J connectivity index is 1.10. The van der Waals surface area contributed by atoms with E-state index < -0.39 is 30.2 Å². The lowest BCUT2D eigenvalue weighted by Crippen LogP contribution is -2.01. The Kier molecular flexibility index (Phi) is 6.94. The SMILES string of the molecule is [2H]c1c([2H])c([2H])c(-c2nc(-c3ccc4c(c3)oc3ccccc34)nc(-c3cc(-n4c5ccccc5c5ccccc54)cc4c3sc3cc(-c5cccc(-c6ccccc6)c5)ccc34)n2)c([2H])c1[2H]. The number of benzene rings is 9. The van der Waals surface area contributed by atoms with Crippen LogP contribution in [0, 0.1) is 0 Å². The van der Waals surface area contributed by atoms with Crippen LogP contribution < -0.4 is 0 Å².